The average molecular weight is 332 g/mol. The molecule has 22 heavy (non-hydrogen) atoms. The Morgan fingerprint density at radius 1 is 0.636 bits per heavy atom. The Labute approximate surface area is 131 Å². The lowest BCUT2D eigenvalue weighted by Gasteiger charge is -2.25. The topological polar surface area (TPSA) is 220 Å². The van der Waals surface area contributed by atoms with E-state index in [9.17, 15) is 0 Å². The first-order valence-corrected chi connectivity index (χ1v) is 6.23. The van der Waals surface area contributed by atoms with Crippen LogP contribution in [0.4, 0.5) is 0 Å². The van der Waals surface area contributed by atoms with Crippen LogP contribution in [0.15, 0.2) is 0 Å². The molecule has 0 aliphatic heterocycles. The second-order valence-electron chi connectivity index (χ2n) is 4.46. The molecule has 0 aromatic rings. The van der Waals surface area contributed by atoms with Gasteiger partial charge in [0.1, 0.15) is 0 Å². The molecule has 13 heteroatoms. The van der Waals surface area contributed by atoms with E-state index in [1.165, 1.54) is 0 Å². The molecule has 0 fully saturated rings. The quantitative estimate of drug-likeness (QED) is 0.209. The summed E-state index contributed by atoms with van der Waals surface area (Å²) < 4.78 is 0. The number of hydrogen-bond donors (Lipinski definition) is 10. The van der Waals surface area contributed by atoms with Crippen LogP contribution in [0, 0.1) is 0 Å². The number of aliphatic hydroxyl groups excluding tert-OH is 3. The molecule has 0 aromatic heterocycles. The van der Waals surface area contributed by atoms with Gasteiger partial charge in [0, 0.05) is 19.6 Å². The van der Waals surface area contributed by atoms with Crippen molar-refractivity contribution in [2.24, 2.45) is 0 Å². The summed E-state index contributed by atoms with van der Waals surface area (Å²) in [6, 6.07) is 0. The van der Waals surface area contributed by atoms with Crippen LogP contribution in [0.3, 0.4) is 0 Å². The van der Waals surface area contributed by atoms with Crippen molar-refractivity contribution in [3.8, 4) is 0 Å². The maximum absolute atomic E-state index is 9.14. The highest BCUT2D eigenvalue weighted by molar-refractivity contribution is 6.30. The van der Waals surface area contributed by atoms with Crippen LogP contribution >= 0.6 is 0 Å². The Morgan fingerprint density at radius 3 is 0.864 bits per heavy atom. The van der Waals surface area contributed by atoms with Gasteiger partial charge in [-0.1, -0.05) is 0 Å². The zero-order valence-electron chi connectivity index (χ0n) is 13.2. The number of rotatable bonds is 6. The average Bonchev–Trinajstić information content (AvgIpc) is 2.10. The van der Waals surface area contributed by atoms with E-state index in [0.29, 0.717) is 19.6 Å². The molecule has 0 amide bonds. The zero-order valence-corrected chi connectivity index (χ0v) is 13.2. The zero-order chi connectivity index (χ0) is 17.6. The second-order valence-corrected chi connectivity index (χ2v) is 4.46. The summed E-state index contributed by atoms with van der Waals surface area (Å²) in [5.74, 6) is 0. The fraction of sp³-hybridized carbons (Fsp3) is 1.00. The van der Waals surface area contributed by atoms with Gasteiger partial charge in [0.15, 0.2) is 0 Å². The van der Waals surface area contributed by atoms with Crippen molar-refractivity contribution in [1.29, 1.82) is 0 Å². The Balaban J connectivity index is -0.000000150. The lowest BCUT2D eigenvalue weighted by Crippen LogP contribution is -2.40. The Bertz CT molecular complexity index is 176. The van der Waals surface area contributed by atoms with Crippen LogP contribution in [0.2, 0.25) is 0 Å². The van der Waals surface area contributed by atoms with Crippen LogP contribution in [0.1, 0.15) is 20.8 Å². The molecule has 0 rings (SSSR count). The standard InChI is InChI=1S/C9H21NO3.2BH3O3.H3N/c1-7(11)4-10(5-8(2)12)6-9(3)13;2*2-1(3)4;/h7-9,11-13H,4-6H2,1-3H3;2*2-4H;1H3. The molecule has 0 bridgehead atoms. The molecular weight excluding hydrogens is 302 g/mol. The van der Waals surface area contributed by atoms with Gasteiger partial charge in [0.2, 0.25) is 0 Å². The lowest BCUT2D eigenvalue weighted by molar-refractivity contribution is 0.0530. The number of nitrogens with zero attached hydrogens (tertiary/aromatic N) is 1. The first-order chi connectivity index (χ1) is 9.38. The molecule has 3 atom stereocenters. The van der Waals surface area contributed by atoms with Crippen molar-refractivity contribution in [3.05, 3.63) is 0 Å². The lowest BCUT2D eigenvalue weighted by atomic mass is 10.2. The van der Waals surface area contributed by atoms with E-state index in [0.717, 1.165) is 0 Å². The Hall–Kier alpha value is -0.310. The smallest absolute Gasteiger partial charge is 0.402 e. The van der Waals surface area contributed by atoms with E-state index in [1.807, 2.05) is 4.90 Å². The van der Waals surface area contributed by atoms with Gasteiger partial charge < -0.3 is 51.6 Å². The van der Waals surface area contributed by atoms with E-state index in [4.69, 9.17) is 45.5 Å². The summed E-state index contributed by atoms with van der Waals surface area (Å²) in [4.78, 5) is 1.85. The van der Waals surface area contributed by atoms with E-state index in [1.54, 1.807) is 20.8 Å². The highest BCUT2D eigenvalue weighted by Crippen LogP contribution is 1.97. The molecule has 0 saturated heterocycles. The number of hydrogen-bond acceptors (Lipinski definition) is 11. The predicted molar refractivity (Wildman–Crippen MR) is 81.3 cm³/mol. The minimum atomic E-state index is -2.17. The fourth-order valence-electron chi connectivity index (χ4n) is 1.34. The third-order valence-electron chi connectivity index (χ3n) is 1.57. The van der Waals surface area contributed by atoms with Gasteiger partial charge in [0.05, 0.1) is 18.3 Å². The Morgan fingerprint density at radius 2 is 0.773 bits per heavy atom. The highest BCUT2D eigenvalue weighted by atomic mass is 16.5. The minimum Gasteiger partial charge on any atom is -0.402 e. The first kappa shape index (κ1) is 29.7. The van der Waals surface area contributed by atoms with Gasteiger partial charge in [-0.2, -0.15) is 0 Å². The molecule has 0 aliphatic carbocycles. The third kappa shape index (κ3) is 50.3. The van der Waals surface area contributed by atoms with Gasteiger partial charge in [-0.15, -0.1) is 0 Å². The molecule has 0 spiro atoms. The van der Waals surface area contributed by atoms with Crippen LogP contribution in [0.5, 0.6) is 0 Å². The van der Waals surface area contributed by atoms with E-state index in [-0.39, 0.29) is 6.15 Å². The summed E-state index contributed by atoms with van der Waals surface area (Å²) in [6.45, 7) is 6.52. The van der Waals surface area contributed by atoms with Gasteiger partial charge >= 0.3 is 14.6 Å². The van der Waals surface area contributed by atoms with E-state index in [2.05, 4.69) is 0 Å². The molecule has 0 radical (unpaired) electrons. The van der Waals surface area contributed by atoms with E-state index >= 15 is 0 Å². The number of aliphatic hydroxyl groups is 3. The molecule has 0 saturated carbocycles. The van der Waals surface area contributed by atoms with Crippen molar-refractivity contribution >= 4 is 14.6 Å². The van der Waals surface area contributed by atoms with Crippen molar-refractivity contribution in [2.75, 3.05) is 19.6 Å². The summed E-state index contributed by atoms with van der Waals surface area (Å²) in [5.41, 5.74) is 0. The molecule has 0 heterocycles. The van der Waals surface area contributed by atoms with Gasteiger partial charge in [0.25, 0.3) is 0 Å². The van der Waals surface area contributed by atoms with Crippen molar-refractivity contribution in [2.45, 2.75) is 39.1 Å². The summed E-state index contributed by atoms with van der Waals surface area (Å²) in [7, 11) is -4.33. The van der Waals surface area contributed by atoms with Crippen molar-refractivity contribution in [1.82, 2.24) is 11.1 Å². The van der Waals surface area contributed by atoms with Crippen molar-refractivity contribution < 1.29 is 45.5 Å². The molecule has 11 nitrogen and oxygen atoms in total. The maximum atomic E-state index is 9.14. The summed E-state index contributed by atoms with van der Waals surface area (Å²) in [6.07, 6.45) is -1.30. The van der Waals surface area contributed by atoms with Gasteiger partial charge in [-0.3, -0.25) is 4.90 Å². The van der Waals surface area contributed by atoms with Crippen LogP contribution in [0.25, 0.3) is 0 Å². The fourth-order valence-corrected chi connectivity index (χ4v) is 1.34. The normalized spacial score (nSPS) is 13.5. The maximum Gasteiger partial charge on any atom is 0.631 e. The van der Waals surface area contributed by atoms with Crippen LogP contribution in [-0.2, 0) is 0 Å². The highest BCUT2D eigenvalue weighted by Gasteiger charge is 2.12. The molecular formula is C9H30B2N2O9. The summed E-state index contributed by atoms with van der Waals surface area (Å²) in [5, 5.41) is 70.4. The molecule has 3 unspecified atom stereocenters. The Kier molecular flexibility index (Phi) is 25.3. The predicted octanol–water partition coefficient (Wildman–Crippen LogP) is -4.51. The first-order valence-electron chi connectivity index (χ1n) is 6.23. The molecule has 0 aromatic carbocycles. The largest absolute Gasteiger partial charge is 0.631 e. The monoisotopic (exact) mass is 332 g/mol. The van der Waals surface area contributed by atoms with E-state index < -0.39 is 33.0 Å². The molecule has 12 N–H and O–H groups in total. The summed E-state index contributed by atoms with van der Waals surface area (Å²) >= 11 is 0. The van der Waals surface area contributed by atoms with Crippen LogP contribution < -0.4 is 6.15 Å². The van der Waals surface area contributed by atoms with Gasteiger partial charge in [-0.25, -0.2) is 0 Å². The third-order valence-corrected chi connectivity index (χ3v) is 1.57. The molecule has 136 valence electrons. The van der Waals surface area contributed by atoms with Crippen LogP contribution in [-0.4, -0.2) is 103 Å². The SMILES string of the molecule is CC(O)CN(CC(C)O)CC(C)O.N.OB(O)O.OB(O)O. The second kappa shape index (κ2) is 18.7. The van der Waals surface area contributed by atoms with Crippen molar-refractivity contribution in [3.63, 3.8) is 0 Å². The van der Waals surface area contributed by atoms with Gasteiger partial charge in [-0.05, 0) is 20.8 Å². The molecule has 0 aliphatic rings. The minimum absolute atomic E-state index is 0.